The van der Waals surface area contributed by atoms with Gasteiger partial charge in [-0.15, -0.1) is 0 Å². The van der Waals surface area contributed by atoms with E-state index >= 15 is 0 Å². The fourth-order valence-corrected chi connectivity index (χ4v) is 5.80. The van der Waals surface area contributed by atoms with Crippen LogP contribution in [0.25, 0.3) is 0 Å². The molecule has 3 rings (SSSR count). The molecule has 0 aromatic heterocycles. The zero-order chi connectivity index (χ0) is 27.9. The molecule has 0 aliphatic rings. The molecule has 0 saturated heterocycles. The van der Waals surface area contributed by atoms with Gasteiger partial charge in [0.1, 0.15) is 12.6 Å². The maximum Gasteiger partial charge on any atom is 0.264 e. The Morgan fingerprint density at radius 1 is 0.921 bits per heavy atom. The molecule has 3 aromatic carbocycles. The molecule has 7 nitrogen and oxygen atoms in total. The fraction of sp³-hybridized carbons (Fsp3) is 0.286. The van der Waals surface area contributed by atoms with Crippen molar-refractivity contribution in [3.63, 3.8) is 0 Å². The lowest BCUT2D eigenvalue weighted by Gasteiger charge is -2.33. The average molecular weight is 577 g/mol. The van der Waals surface area contributed by atoms with E-state index in [1.54, 1.807) is 75.4 Å². The van der Waals surface area contributed by atoms with Crippen LogP contribution in [0.15, 0.2) is 77.7 Å². The molecule has 3 aromatic rings. The summed E-state index contributed by atoms with van der Waals surface area (Å²) in [7, 11) is -4.16. The number of nitrogens with one attached hydrogen (secondary N) is 1. The summed E-state index contributed by atoms with van der Waals surface area (Å²) in [6.45, 7) is 5.26. The van der Waals surface area contributed by atoms with Crippen LogP contribution >= 0.6 is 23.2 Å². The first kappa shape index (κ1) is 29.5. The molecular formula is C28H31Cl2N3O4S. The van der Waals surface area contributed by atoms with Gasteiger partial charge in [-0.3, -0.25) is 13.9 Å². The van der Waals surface area contributed by atoms with Crippen molar-refractivity contribution >= 4 is 50.7 Å². The quantitative estimate of drug-likeness (QED) is 0.330. The predicted octanol–water partition coefficient (Wildman–Crippen LogP) is 5.44. The van der Waals surface area contributed by atoms with E-state index in [4.69, 9.17) is 23.2 Å². The Bertz CT molecular complexity index is 1380. The van der Waals surface area contributed by atoms with E-state index < -0.39 is 28.5 Å². The number of benzene rings is 3. The number of sulfonamides is 1. The Labute approximate surface area is 234 Å². The number of anilines is 1. The van der Waals surface area contributed by atoms with E-state index in [2.05, 4.69) is 5.32 Å². The molecule has 0 bridgehead atoms. The summed E-state index contributed by atoms with van der Waals surface area (Å²) >= 11 is 12.7. The molecule has 2 amide bonds. The summed E-state index contributed by atoms with van der Waals surface area (Å²) in [5, 5.41) is 3.58. The third-order valence-corrected chi connectivity index (χ3v) is 8.65. The second-order valence-electron chi connectivity index (χ2n) is 8.69. The smallest absolute Gasteiger partial charge is 0.264 e. The van der Waals surface area contributed by atoms with E-state index in [-0.39, 0.29) is 23.0 Å². The second kappa shape index (κ2) is 13.1. The van der Waals surface area contributed by atoms with Crippen LogP contribution < -0.4 is 9.62 Å². The molecule has 0 radical (unpaired) electrons. The lowest BCUT2D eigenvalue weighted by Crippen LogP contribution is -2.52. The van der Waals surface area contributed by atoms with Crippen LogP contribution in [0.2, 0.25) is 10.0 Å². The number of amides is 2. The van der Waals surface area contributed by atoms with E-state index in [1.807, 2.05) is 0 Å². The first-order valence-corrected chi connectivity index (χ1v) is 14.4. The van der Waals surface area contributed by atoms with E-state index in [9.17, 15) is 18.0 Å². The van der Waals surface area contributed by atoms with Gasteiger partial charge < -0.3 is 10.2 Å². The third-order valence-electron chi connectivity index (χ3n) is 6.09. The number of rotatable bonds is 11. The summed E-state index contributed by atoms with van der Waals surface area (Å²) in [6.07, 6.45) is 0.323. The lowest BCUT2D eigenvalue weighted by molar-refractivity contribution is -0.140. The van der Waals surface area contributed by atoms with Crippen molar-refractivity contribution in [3.05, 3.63) is 94.0 Å². The number of likely N-dealkylation sites (N-methyl/N-ethyl adjacent to an activating group) is 1. The number of carbonyl (C=O) groups excluding carboxylic acids is 2. The van der Waals surface area contributed by atoms with Crippen LogP contribution in [0, 0.1) is 6.92 Å². The minimum absolute atomic E-state index is 0.0259. The monoisotopic (exact) mass is 575 g/mol. The third kappa shape index (κ3) is 6.87. The molecule has 10 heteroatoms. The first-order valence-electron chi connectivity index (χ1n) is 12.2. The molecule has 202 valence electrons. The van der Waals surface area contributed by atoms with Crippen LogP contribution in [0.5, 0.6) is 0 Å². The van der Waals surface area contributed by atoms with Gasteiger partial charge in [-0.25, -0.2) is 8.42 Å². The van der Waals surface area contributed by atoms with Gasteiger partial charge in [0.05, 0.1) is 10.6 Å². The summed E-state index contributed by atoms with van der Waals surface area (Å²) in [5.74, 6) is -0.884. The topological polar surface area (TPSA) is 86.8 Å². The Morgan fingerprint density at radius 3 is 2.18 bits per heavy atom. The summed E-state index contributed by atoms with van der Waals surface area (Å²) in [5.41, 5.74) is 1.64. The van der Waals surface area contributed by atoms with Crippen LogP contribution in [0.3, 0.4) is 0 Å². The number of aryl methyl sites for hydroxylation is 1. The fourth-order valence-electron chi connectivity index (χ4n) is 4.01. The molecule has 1 N–H and O–H groups in total. The number of carbonyl (C=O) groups is 2. The van der Waals surface area contributed by atoms with Gasteiger partial charge in [0, 0.05) is 23.1 Å². The zero-order valence-electron chi connectivity index (χ0n) is 21.5. The molecule has 0 saturated carbocycles. The Morgan fingerprint density at radius 2 is 1.58 bits per heavy atom. The van der Waals surface area contributed by atoms with Gasteiger partial charge >= 0.3 is 0 Å². The molecule has 38 heavy (non-hydrogen) atoms. The van der Waals surface area contributed by atoms with Gasteiger partial charge in [-0.05, 0) is 61.7 Å². The highest BCUT2D eigenvalue weighted by Gasteiger charge is 2.33. The van der Waals surface area contributed by atoms with Gasteiger partial charge in [0.15, 0.2) is 0 Å². The molecule has 0 aliphatic heterocycles. The van der Waals surface area contributed by atoms with Gasteiger partial charge in [-0.1, -0.05) is 72.6 Å². The molecule has 1 unspecified atom stereocenters. The predicted molar refractivity (Wildman–Crippen MR) is 152 cm³/mol. The highest BCUT2D eigenvalue weighted by atomic mass is 35.5. The van der Waals surface area contributed by atoms with Crippen LogP contribution in [-0.4, -0.2) is 44.3 Å². The average Bonchev–Trinajstić information content (AvgIpc) is 2.90. The van der Waals surface area contributed by atoms with Gasteiger partial charge in [0.2, 0.25) is 11.8 Å². The number of halogens is 2. The van der Waals surface area contributed by atoms with Crippen LogP contribution in [0.4, 0.5) is 5.69 Å². The molecule has 0 spiro atoms. The van der Waals surface area contributed by atoms with Crippen molar-refractivity contribution in [2.24, 2.45) is 0 Å². The van der Waals surface area contributed by atoms with Crippen LogP contribution in [-0.2, 0) is 26.2 Å². The van der Waals surface area contributed by atoms with Crippen molar-refractivity contribution in [3.8, 4) is 0 Å². The largest absolute Gasteiger partial charge is 0.355 e. The normalized spacial score (nSPS) is 12.0. The summed E-state index contributed by atoms with van der Waals surface area (Å²) in [4.78, 5) is 28.3. The highest BCUT2D eigenvalue weighted by Crippen LogP contribution is 2.29. The molecule has 0 aliphatic carbocycles. The van der Waals surface area contributed by atoms with Gasteiger partial charge in [-0.2, -0.15) is 0 Å². The summed E-state index contributed by atoms with van der Waals surface area (Å²) < 4.78 is 28.6. The first-order chi connectivity index (χ1) is 18.1. The van der Waals surface area contributed by atoms with E-state index in [0.717, 1.165) is 9.87 Å². The number of hydrogen-bond donors (Lipinski definition) is 1. The molecule has 0 heterocycles. The van der Waals surface area contributed by atoms with Gasteiger partial charge in [0.25, 0.3) is 10.0 Å². The van der Waals surface area contributed by atoms with Crippen molar-refractivity contribution in [1.82, 2.24) is 10.2 Å². The Balaban J connectivity index is 2.08. The minimum Gasteiger partial charge on any atom is -0.355 e. The van der Waals surface area contributed by atoms with Crippen LogP contribution in [0.1, 0.15) is 31.4 Å². The van der Waals surface area contributed by atoms with Crippen molar-refractivity contribution in [2.75, 3.05) is 17.4 Å². The maximum atomic E-state index is 13.9. The van der Waals surface area contributed by atoms with Crippen molar-refractivity contribution in [1.29, 1.82) is 0 Å². The number of nitrogens with zero attached hydrogens (tertiary/aromatic N) is 2. The Hall–Kier alpha value is -3.07. The minimum atomic E-state index is -4.16. The number of hydrogen-bond acceptors (Lipinski definition) is 4. The lowest BCUT2D eigenvalue weighted by atomic mass is 10.1. The molecule has 0 fully saturated rings. The summed E-state index contributed by atoms with van der Waals surface area (Å²) in [6, 6.07) is 18.9. The van der Waals surface area contributed by atoms with E-state index in [1.165, 1.54) is 23.1 Å². The Kier molecular flexibility index (Phi) is 10.2. The molecule has 1 atom stereocenters. The zero-order valence-corrected chi connectivity index (χ0v) is 23.9. The van der Waals surface area contributed by atoms with Crippen molar-refractivity contribution < 1.29 is 18.0 Å². The highest BCUT2D eigenvalue weighted by molar-refractivity contribution is 7.92. The molecular weight excluding hydrogens is 545 g/mol. The maximum absolute atomic E-state index is 13.9. The SMILES string of the molecule is CCNC(=O)C(CC)N(Cc1ccccc1Cl)C(=O)CN(c1ccc(C)c(Cl)c1)S(=O)(=O)c1ccccc1. The second-order valence-corrected chi connectivity index (χ2v) is 11.4. The standard InChI is InChI=1S/C28H31Cl2N3O4S/c1-4-26(28(35)31-5-2)32(18-21-11-9-10-14-24(21)29)27(34)19-33(22-16-15-20(3)25(30)17-22)38(36,37)23-12-7-6-8-13-23/h6-17,26H,4-5,18-19H2,1-3H3,(H,31,35). The van der Waals surface area contributed by atoms with E-state index in [0.29, 0.717) is 28.6 Å². The van der Waals surface area contributed by atoms with Crippen molar-refractivity contribution in [2.45, 2.75) is 44.7 Å².